The van der Waals surface area contributed by atoms with E-state index < -0.39 is 40.6 Å². The molecule has 1 aliphatic carbocycles. The third kappa shape index (κ3) is 8.26. The second-order valence-electron chi connectivity index (χ2n) is 12.7. The van der Waals surface area contributed by atoms with E-state index >= 15 is 0 Å². The van der Waals surface area contributed by atoms with Crippen molar-refractivity contribution < 1.29 is 33.6 Å². The highest BCUT2D eigenvalue weighted by Gasteiger charge is 2.53. The summed E-state index contributed by atoms with van der Waals surface area (Å²) in [6.07, 6.45) is 0.653. The van der Waals surface area contributed by atoms with Crippen molar-refractivity contribution >= 4 is 11.9 Å². The van der Waals surface area contributed by atoms with Crippen LogP contribution >= 0.6 is 0 Å². The van der Waals surface area contributed by atoms with Gasteiger partial charge in [0.05, 0.1) is 31.3 Å². The number of nitrogens with one attached hydrogen (secondary N) is 1. The van der Waals surface area contributed by atoms with Gasteiger partial charge in [-0.15, -0.1) is 0 Å². The van der Waals surface area contributed by atoms with E-state index in [1.54, 1.807) is 62.7 Å². The first kappa shape index (κ1) is 32.0. The molecular formula is C33H45NO7. The Bertz CT molecular complexity index is 1250. The minimum absolute atomic E-state index is 0.0424. The molecule has 41 heavy (non-hydrogen) atoms. The average molecular weight is 568 g/mol. The molecule has 0 aromatic heterocycles. The van der Waals surface area contributed by atoms with E-state index in [9.17, 15) is 14.7 Å². The number of carbonyl (C=O) groups excluding carboxylic acids is 2. The van der Waals surface area contributed by atoms with Crippen molar-refractivity contribution in [2.45, 2.75) is 84.0 Å². The molecule has 2 aromatic rings. The lowest BCUT2D eigenvalue weighted by Gasteiger charge is -2.44. The Hall–Kier alpha value is -3.52. The Morgan fingerprint density at radius 1 is 0.927 bits per heavy atom. The summed E-state index contributed by atoms with van der Waals surface area (Å²) in [5, 5.41) is 15.2. The van der Waals surface area contributed by atoms with Crippen LogP contribution in [0.2, 0.25) is 0 Å². The Balaban J connectivity index is 2.09. The first-order chi connectivity index (χ1) is 19.1. The quantitative estimate of drug-likeness (QED) is 0.392. The van der Waals surface area contributed by atoms with Crippen LogP contribution in [0.3, 0.4) is 0 Å². The topological polar surface area (TPSA) is 103 Å². The van der Waals surface area contributed by atoms with Gasteiger partial charge in [-0.25, -0.2) is 4.79 Å². The summed E-state index contributed by atoms with van der Waals surface area (Å²) >= 11 is 0. The third-order valence-corrected chi connectivity index (χ3v) is 6.81. The molecule has 1 aliphatic rings. The van der Waals surface area contributed by atoms with E-state index in [4.69, 9.17) is 18.9 Å². The zero-order valence-electron chi connectivity index (χ0n) is 25.8. The molecule has 3 rings (SSSR count). The molecule has 2 aromatic carbocycles. The molecule has 0 saturated heterocycles. The second-order valence-corrected chi connectivity index (χ2v) is 12.7. The SMILES string of the molecule is COc1ccc(CCNC2=C(C(=O)OC(C)(C)C)[C@@H](c3ccccc3)[C@H](C(=O)OC(C)(C)C)[C@@](C)(O)C2)cc1OC. The Labute approximate surface area is 244 Å². The molecule has 8 nitrogen and oxygen atoms in total. The van der Waals surface area contributed by atoms with Gasteiger partial charge in [0.2, 0.25) is 0 Å². The molecule has 0 amide bonds. The van der Waals surface area contributed by atoms with Crippen molar-refractivity contribution in [3.05, 3.63) is 70.9 Å². The standard InChI is InChI=1S/C33H45NO7/c1-31(2,3)40-29(35)27-23(34-18-17-21-15-16-24(38-8)25(19-21)39-9)20-33(7,37)28(30(36)41-32(4,5)6)26(27)22-13-11-10-12-14-22/h10-16,19,26,28,34,37H,17-18,20H2,1-9H3/t26-,28-,33+/m1/s1. The normalized spacial score (nSPS) is 21.2. The summed E-state index contributed by atoms with van der Waals surface area (Å²) in [5.74, 6) is -1.67. The number of ether oxygens (including phenoxy) is 4. The van der Waals surface area contributed by atoms with Gasteiger partial charge in [-0.3, -0.25) is 4.79 Å². The maximum absolute atomic E-state index is 13.9. The fourth-order valence-electron chi connectivity index (χ4n) is 5.19. The van der Waals surface area contributed by atoms with E-state index in [1.807, 2.05) is 48.5 Å². The lowest BCUT2D eigenvalue weighted by molar-refractivity contribution is -0.171. The molecule has 0 spiro atoms. The van der Waals surface area contributed by atoms with Crippen molar-refractivity contribution in [1.82, 2.24) is 5.32 Å². The molecule has 224 valence electrons. The van der Waals surface area contributed by atoms with Crippen LogP contribution in [0.5, 0.6) is 11.5 Å². The van der Waals surface area contributed by atoms with Gasteiger partial charge in [0.15, 0.2) is 11.5 Å². The number of methoxy groups -OCH3 is 2. The van der Waals surface area contributed by atoms with Gasteiger partial charge in [-0.1, -0.05) is 36.4 Å². The molecule has 0 bridgehead atoms. The van der Waals surface area contributed by atoms with Crippen LogP contribution in [0.15, 0.2) is 59.8 Å². The van der Waals surface area contributed by atoms with Crippen molar-refractivity contribution in [3.8, 4) is 11.5 Å². The van der Waals surface area contributed by atoms with Crippen LogP contribution in [-0.2, 0) is 25.5 Å². The molecule has 0 aliphatic heterocycles. The predicted molar refractivity (Wildman–Crippen MR) is 158 cm³/mol. The highest BCUT2D eigenvalue weighted by Crippen LogP contribution is 2.48. The van der Waals surface area contributed by atoms with Crippen LogP contribution in [0.1, 0.15) is 71.9 Å². The molecule has 8 heteroatoms. The lowest BCUT2D eigenvalue weighted by atomic mass is 9.65. The highest BCUT2D eigenvalue weighted by molar-refractivity contribution is 5.94. The minimum Gasteiger partial charge on any atom is -0.493 e. The molecule has 0 saturated carbocycles. The minimum atomic E-state index is -1.51. The summed E-state index contributed by atoms with van der Waals surface area (Å²) in [6, 6.07) is 15.0. The molecule has 2 N–H and O–H groups in total. The van der Waals surface area contributed by atoms with Crippen LogP contribution in [0.25, 0.3) is 0 Å². The van der Waals surface area contributed by atoms with E-state index in [1.165, 1.54) is 0 Å². The number of hydrogen-bond acceptors (Lipinski definition) is 8. The van der Waals surface area contributed by atoms with Gasteiger partial charge in [0.25, 0.3) is 0 Å². The Kier molecular flexibility index (Phi) is 9.80. The monoisotopic (exact) mass is 567 g/mol. The lowest BCUT2D eigenvalue weighted by Crippen LogP contribution is -2.52. The number of hydrogen-bond donors (Lipinski definition) is 2. The summed E-state index contributed by atoms with van der Waals surface area (Å²) in [5.41, 5.74) is -0.481. The molecule has 0 fully saturated rings. The van der Waals surface area contributed by atoms with Crippen LogP contribution in [-0.4, -0.2) is 54.6 Å². The van der Waals surface area contributed by atoms with Gasteiger partial charge in [0.1, 0.15) is 11.2 Å². The zero-order valence-corrected chi connectivity index (χ0v) is 25.8. The van der Waals surface area contributed by atoms with Crippen molar-refractivity contribution in [1.29, 1.82) is 0 Å². The van der Waals surface area contributed by atoms with E-state index in [-0.39, 0.29) is 6.42 Å². The maximum atomic E-state index is 13.9. The fraction of sp³-hybridized carbons (Fsp3) is 0.515. The van der Waals surface area contributed by atoms with Crippen LogP contribution in [0.4, 0.5) is 0 Å². The summed E-state index contributed by atoms with van der Waals surface area (Å²) in [7, 11) is 3.18. The number of aliphatic hydroxyl groups is 1. The number of esters is 2. The summed E-state index contributed by atoms with van der Waals surface area (Å²) < 4.78 is 22.4. The largest absolute Gasteiger partial charge is 0.493 e. The first-order valence-corrected chi connectivity index (χ1v) is 14.0. The van der Waals surface area contributed by atoms with Crippen LogP contribution in [0, 0.1) is 5.92 Å². The van der Waals surface area contributed by atoms with E-state index in [0.717, 1.165) is 5.56 Å². The van der Waals surface area contributed by atoms with E-state index in [2.05, 4.69) is 5.32 Å². The second kappa shape index (κ2) is 12.6. The zero-order chi connectivity index (χ0) is 30.6. The summed E-state index contributed by atoms with van der Waals surface area (Å²) in [6.45, 7) is 12.8. The Morgan fingerprint density at radius 2 is 1.54 bits per heavy atom. The molecule has 0 radical (unpaired) electrons. The maximum Gasteiger partial charge on any atom is 0.336 e. The van der Waals surface area contributed by atoms with Gasteiger partial charge >= 0.3 is 11.9 Å². The molecular weight excluding hydrogens is 522 g/mol. The number of rotatable bonds is 9. The molecule has 0 unspecified atom stereocenters. The van der Waals surface area contributed by atoms with Crippen molar-refractivity contribution in [3.63, 3.8) is 0 Å². The van der Waals surface area contributed by atoms with Crippen LogP contribution < -0.4 is 14.8 Å². The Morgan fingerprint density at radius 3 is 2.10 bits per heavy atom. The third-order valence-electron chi connectivity index (χ3n) is 6.81. The predicted octanol–water partition coefficient (Wildman–Crippen LogP) is 5.33. The first-order valence-electron chi connectivity index (χ1n) is 14.0. The van der Waals surface area contributed by atoms with Crippen molar-refractivity contribution in [2.24, 2.45) is 5.92 Å². The van der Waals surface area contributed by atoms with Gasteiger partial charge in [0, 0.05) is 24.6 Å². The van der Waals surface area contributed by atoms with E-state index in [0.29, 0.717) is 41.3 Å². The van der Waals surface area contributed by atoms with Crippen molar-refractivity contribution in [2.75, 3.05) is 20.8 Å². The van der Waals surface area contributed by atoms with Gasteiger partial charge in [-0.2, -0.15) is 0 Å². The number of carbonyl (C=O) groups is 2. The fourth-order valence-corrected chi connectivity index (χ4v) is 5.19. The molecule has 0 heterocycles. The number of benzene rings is 2. The average Bonchev–Trinajstić information content (AvgIpc) is 2.85. The smallest absolute Gasteiger partial charge is 0.336 e. The summed E-state index contributed by atoms with van der Waals surface area (Å²) in [4.78, 5) is 27.6. The van der Waals surface area contributed by atoms with Gasteiger partial charge in [-0.05, 0) is 78.1 Å². The highest BCUT2D eigenvalue weighted by atomic mass is 16.6. The van der Waals surface area contributed by atoms with Gasteiger partial charge < -0.3 is 29.4 Å². The molecule has 3 atom stereocenters.